The van der Waals surface area contributed by atoms with Gasteiger partial charge < -0.3 is 4.90 Å². The Hall–Kier alpha value is -5.74. The molecule has 52 heavy (non-hydrogen) atoms. The summed E-state index contributed by atoms with van der Waals surface area (Å²) in [5.74, 6) is 0. The quantitative estimate of drug-likeness (QED) is 0.177. The molecule has 8 aromatic carbocycles. The zero-order valence-corrected chi connectivity index (χ0v) is 30.5. The van der Waals surface area contributed by atoms with Gasteiger partial charge in [-0.05, 0) is 99.3 Å². The van der Waals surface area contributed by atoms with E-state index in [1.807, 2.05) is 22.7 Å². The number of fused-ring (bicyclic) bond motifs is 10. The molecule has 0 unspecified atom stereocenters. The van der Waals surface area contributed by atoms with Gasteiger partial charge >= 0.3 is 0 Å². The SMILES string of the molecule is CC1(C)c2ccccc2-c2c(N(c3ccc(-c4cccc5cc6c(cc45)sc4ccccc46)cc3)c3ccc4sc5ccccc5c4c3)cccc21. The van der Waals surface area contributed by atoms with Crippen LogP contribution in [0, 0.1) is 0 Å². The topological polar surface area (TPSA) is 3.24 Å². The summed E-state index contributed by atoms with van der Waals surface area (Å²) >= 11 is 3.75. The van der Waals surface area contributed by atoms with Crippen molar-refractivity contribution in [3.8, 4) is 22.3 Å². The van der Waals surface area contributed by atoms with Crippen molar-refractivity contribution in [1.82, 2.24) is 0 Å². The van der Waals surface area contributed by atoms with Gasteiger partial charge in [0.15, 0.2) is 0 Å². The van der Waals surface area contributed by atoms with E-state index in [0.717, 1.165) is 11.4 Å². The molecule has 11 rings (SSSR count). The minimum atomic E-state index is -0.0842. The molecule has 0 N–H and O–H groups in total. The first-order valence-electron chi connectivity index (χ1n) is 17.9. The Balaban J connectivity index is 1.10. The molecule has 2 aromatic heterocycles. The highest BCUT2D eigenvalue weighted by Crippen LogP contribution is 2.54. The Bertz CT molecular complexity index is 3050. The maximum Gasteiger partial charge on any atom is 0.0543 e. The van der Waals surface area contributed by atoms with Crippen molar-refractivity contribution in [2.24, 2.45) is 0 Å². The molecule has 10 aromatic rings. The standard InChI is InChI=1S/C49H33NS2/c1-49(2)41-16-6-3-14-37(41)48-42(49)17-10-18-43(48)50(33-25-26-46-40(28-33)36-13-5-7-19-44(36)51-46)32-23-21-30(22-24-32)34-15-9-11-31-27-39-35-12-4-8-20-45(35)52-47(39)29-38(31)34/h3-29H,1-2H3. The van der Waals surface area contributed by atoms with Crippen molar-refractivity contribution in [1.29, 1.82) is 0 Å². The zero-order valence-electron chi connectivity index (χ0n) is 28.9. The van der Waals surface area contributed by atoms with Crippen LogP contribution < -0.4 is 4.90 Å². The van der Waals surface area contributed by atoms with Gasteiger partial charge in [0.05, 0.1) is 5.69 Å². The molecule has 1 aliphatic rings. The lowest BCUT2D eigenvalue weighted by molar-refractivity contribution is 0.660. The summed E-state index contributed by atoms with van der Waals surface area (Å²) in [5, 5.41) is 7.86. The predicted octanol–water partition coefficient (Wildman–Crippen LogP) is 15.0. The molecule has 1 aliphatic carbocycles. The highest BCUT2D eigenvalue weighted by atomic mass is 32.1. The Morgan fingerprint density at radius 1 is 0.423 bits per heavy atom. The highest BCUT2D eigenvalue weighted by Gasteiger charge is 2.37. The van der Waals surface area contributed by atoms with Crippen LogP contribution in [0.3, 0.4) is 0 Å². The van der Waals surface area contributed by atoms with Crippen molar-refractivity contribution in [2.45, 2.75) is 19.3 Å². The fourth-order valence-corrected chi connectivity index (χ4v) is 11.0. The van der Waals surface area contributed by atoms with Crippen LogP contribution in [-0.2, 0) is 5.41 Å². The lowest BCUT2D eigenvalue weighted by Gasteiger charge is -2.29. The third-order valence-electron chi connectivity index (χ3n) is 11.3. The summed E-state index contributed by atoms with van der Waals surface area (Å²) < 4.78 is 5.31. The number of rotatable bonds is 4. The molecule has 0 radical (unpaired) electrons. The number of hydrogen-bond donors (Lipinski definition) is 0. The first-order valence-corrected chi connectivity index (χ1v) is 19.6. The van der Waals surface area contributed by atoms with Gasteiger partial charge in [-0.3, -0.25) is 0 Å². The second kappa shape index (κ2) is 11.1. The molecule has 0 saturated carbocycles. The molecular weight excluding hydrogens is 667 g/mol. The van der Waals surface area contributed by atoms with Crippen LogP contribution in [0.5, 0.6) is 0 Å². The predicted molar refractivity (Wildman–Crippen MR) is 227 cm³/mol. The fraction of sp³-hybridized carbons (Fsp3) is 0.0612. The maximum absolute atomic E-state index is 2.48. The van der Waals surface area contributed by atoms with E-state index in [4.69, 9.17) is 0 Å². The molecule has 0 fully saturated rings. The molecule has 0 spiro atoms. The average molecular weight is 700 g/mol. The monoisotopic (exact) mass is 699 g/mol. The highest BCUT2D eigenvalue weighted by molar-refractivity contribution is 7.26. The smallest absolute Gasteiger partial charge is 0.0543 e. The minimum absolute atomic E-state index is 0.0842. The zero-order chi connectivity index (χ0) is 34.6. The molecule has 2 heterocycles. The lowest BCUT2D eigenvalue weighted by atomic mass is 9.82. The van der Waals surface area contributed by atoms with E-state index in [-0.39, 0.29) is 5.41 Å². The number of benzene rings is 8. The van der Waals surface area contributed by atoms with Gasteiger partial charge in [-0.2, -0.15) is 0 Å². The molecule has 0 saturated heterocycles. The third-order valence-corrected chi connectivity index (χ3v) is 13.5. The summed E-state index contributed by atoms with van der Waals surface area (Å²) in [5.41, 5.74) is 11.3. The van der Waals surface area contributed by atoms with Crippen molar-refractivity contribution < 1.29 is 0 Å². The van der Waals surface area contributed by atoms with Crippen LogP contribution in [0.25, 0.3) is 73.4 Å². The molecule has 3 heteroatoms. The number of anilines is 3. The van der Waals surface area contributed by atoms with Crippen LogP contribution in [0.1, 0.15) is 25.0 Å². The summed E-state index contributed by atoms with van der Waals surface area (Å²) in [6.07, 6.45) is 0. The summed E-state index contributed by atoms with van der Waals surface area (Å²) in [4.78, 5) is 2.48. The van der Waals surface area contributed by atoms with Gasteiger partial charge in [-0.25, -0.2) is 0 Å². The molecule has 246 valence electrons. The molecule has 0 bridgehead atoms. The largest absolute Gasteiger partial charge is 0.310 e. The van der Waals surface area contributed by atoms with Crippen molar-refractivity contribution in [3.63, 3.8) is 0 Å². The Labute approximate surface area is 310 Å². The van der Waals surface area contributed by atoms with Gasteiger partial charge in [0.2, 0.25) is 0 Å². The van der Waals surface area contributed by atoms with E-state index in [1.54, 1.807) is 0 Å². The van der Waals surface area contributed by atoms with E-state index in [0.29, 0.717) is 0 Å². The van der Waals surface area contributed by atoms with E-state index in [2.05, 4.69) is 183 Å². The van der Waals surface area contributed by atoms with Gasteiger partial charge in [-0.1, -0.05) is 117 Å². The molecule has 1 nitrogen and oxygen atoms in total. The van der Waals surface area contributed by atoms with Crippen LogP contribution in [0.15, 0.2) is 164 Å². The number of nitrogens with zero attached hydrogens (tertiary/aromatic N) is 1. The van der Waals surface area contributed by atoms with E-state index in [1.165, 1.54) is 90.2 Å². The number of thiophene rings is 2. The summed E-state index contributed by atoms with van der Waals surface area (Å²) in [6, 6.07) is 61.1. The van der Waals surface area contributed by atoms with Crippen molar-refractivity contribution >= 4 is 90.9 Å². The van der Waals surface area contributed by atoms with Gasteiger partial charge in [-0.15, -0.1) is 22.7 Å². The van der Waals surface area contributed by atoms with Gasteiger partial charge in [0, 0.05) is 62.7 Å². The minimum Gasteiger partial charge on any atom is -0.310 e. The van der Waals surface area contributed by atoms with Gasteiger partial charge in [0.25, 0.3) is 0 Å². The lowest BCUT2D eigenvalue weighted by Crippen LogP contribution is -2.16. The normalized spacial score (nSPS) is 13.3. The van der Waals surface area contributed by atoms with E-state index < -0.39 is 0 Å². The first kappa shape index (κ1) is 29.9. The Kier molecular flexibility index (Phi) is 6.41. The second-order valence-electron chi connectivity index (χ2n) is 14.5. The molecule has 0 amide bonds. The van der Waals surface area contributed by atoms with Crippen LogP contribution in [0.4, 0.5) is 17.1 Å². The van der Waals surface area contributed by atoms with E-state index >= 15 is 0 Å². The van der Waals surface area contributed by atoms with Crippen LogP contribution in [0.2, 0.25) is 0 Å². The van der Waals surface area contributed by atoms with Crippen LogP contribution in [-0.4, -0.2) is 0 Å². The molecular formula is C49H33NS2. The number of hydrogen-bond acceptors (Lipinski definition) is 3. The van der Waals surface area contributed by atoms with E-state index in [9.17, 15) is 0 Å². The fourth-order valence-electron chi connectivity index (χ4n) is 8.74. The van der Waals surface area contributed by atoms with Crippen molar-refractivity contribution in [2.75, 3.05) is 4.90 Å². The second-order valence-corrected chi connectivity index (χ2v) is 16.7. The van der Waals surface area contributed by atoms with Crippen molar-refractivity contribution in [3.05, 3.63) is 175 Å². The molecule has 0 atom stereocenters. The summed E-state index contributed by atoms with van der Waals surface area (Å²) in [6.45, 7) is 4.72. The average Bonchev–Trinajstić information content (AvgIpc) is 3.82. The Morgan fingerprint density at radius 3 is 1.85 bits per heavy atom. The first-order chi connectivity index (χ1) is 25.5. The third kappa shape index (κ3) is 4.33. The summed E-state index contributed by atoms with van der Waals surface area (Å²) in [7, 11) is 0. The Morgan fingerprint density at radius 2 is 1.04 bits per heavy atom. The maximum atomic E-state index is 2.48. The van der Waals surface area contributed by atoms with Gasteiger partial charge in [0.1, 0.15) is 0 Å². The van der Waals surface area contributed by atoms with Crippen LogP contribution >= 0.6 is 22.7 Å². The molecule has 0 aliphatic heterocycles.